The summed E-state index contributed by atoms with van der Waals surface area (Å²) in [5.74, 6) is -1.92. The van der Waals surface area contributed by atoms with E-state index in [1.807, 2.05) is 0 Å². The van der Waals surface area contributed by atoms with Crippen LogP contribution in [0.5, 0.6) is 34.5 Å². The van der Waals surface area contributed by atoms with Crippen LogP contribution in [0.4, 0.5) is 0 Å². The number of hydrogen-bond acceptors (Lipinski definition) is 7. The van der Waals surface area contributed by atoms with Gasteiger partial charge in [-0.1, -0.05) is 0 Å². The lowest BCUT2D eigenvalue weighted by molar-refractivity contribution is -0.692. The van der Waals surface area contributed by atoms with Crippen LogP contribution in [-0.2, 0) is 14.1 Å². The summed E-state index contributed by atoms with van der Waals surface area (Å²) in [6.07, 6.45) is 5.79. The Kier molecular flexibility index (Phi) is 7.06. The normalized spacial score (nSPS) is 11.2. The number of aromatic nitrogens is 2. The number of halogens is 1. The molecule has 0 atom stereocenters. The molecule has 168 valence electrons. The Morgan fingerprint density at radius 2 is 1.12 bits per heavy atom. The zero-order valence-electron chi connectivity index (χ0n) is 17.1. The molecule has 2 aromatic carbocycles. The Morgan fingerprint density at radius 1 is 0.719 bits per heavy atom. The van der Waals surface area contributed by atoms with Gasteiger partial charge in [-0.15, -0.1) is 0 Å². The zero-order chi connectivity index (χ0) is 22.9. The number of nitrogens with zero attached hydrogens (tertiary/aromatic N) is 2. The smallest absolute Gasteiger partial charge is 0.498 e. The third-order valence-electron chi connectivity index (χ3n) is 4.73. The van der Waals surface area contributed by atoms with Gasteiger partial charge >= 0.3 is 5.69 Å². The zero-order valence-corrected chi connectivity index (χ0v) is 17.8. The fourth-order valence-corrected chi connectivity index (χ4v) is 3.01. The molecule has 6 N–H and O–H groups in total. The highest BCUT2D eigenvalue weighted by molar-refractivity contribution is 5.77. The molecule has 1 heterocycles. The van der Waals surface area contributed by atoms with Gasteiger partial charge in [-0.25, -0.2) is 0 Å². The largest absolute Gasteiger partial charge is 1.00 e. The first-order chi connectivity index (χ1) is 14.6. The Bertz CT molecular complexity index is 1160. The van der Waals surface area contributed by atoms with Crippen LogP contribution in [0.1, 0.15) is 22.5 Å². The minimum atomic E-state index is -0.375. The molecule has 0 fully saturated rings. The fourth-order valence-electron chi connectivity index (χ4n) is 3.01. The van der Waals surface area contributed by atoms with Crippen molar-refractivity contribution in [3.05, 3.63) is 63.3 Å². The van der Waals surface area contributed by atoms with E-state index in [1.165, 1.54) is 33.4 Å². The van der Waals surface area contributed by atoms with E-state index in [9.17, 15) is 35.4 Å². The molecule has 9 nitrogen and oxygen atoms in total. The van der Waals surface area contributed by atoms with E-state index >= 15 is 0 Å². The molecule has 0 aliphatic carbocycles. The van der Waals surface area contributed by atoms with Gasteiger partial charge in [0.05, 0.1) is 25.2 Å². The van der Waals surface area contributed by atoms with Gasteiger partial charge in [0.25, 0.3) is 0 Å². The maximum atomic E-state index is 12.6. The summed E-state index contributed by atoms with van der Waals surface area (Å²) < 4.78 is 2.69. The fraction of sp³-hybridized carbons (Fsp3) is 0.0909. The molecule has 3 rings (SSSR count). The third-order valence-corrected chi connectivity index (χ3v) is 4.73. The maximum absolute atomic E-state index is 12.6. The van der Waals surface area contributed by atoms with E-state index in [0.29, 0.717) is 11.4 Å². The van der Waals surface area contributed by atoms with Gasteiger partial charge < -0.3 is 43.0 Å². The van der Waals surface area contributed by atoms with Gasteiger partial charge in [-0.2, -0.15) is 13.9 Å². The predicted molar refractivity (Wildman–Crippen MR) is 114 cm³/mol. The van der Waals surface area contributed by atoms with E-state index in [-0.39, 0.29) is 63.7 Å². The molecular formula is C22H21ClN2O7. The summed E-state index contributed by atoms with van der Waals surface area (Å²) in [6, 6.07) is 5.95. The molecule has 1 aromatic heterocycles. The highest BCUT2D eigenvalue weighted by Crippen LogP contribution is 2.34. The number of phenols is 6. The molecule has 0 radical (unpaired) electrons. The van der Waals surface area contributed by atoms with E-state index in [4.69, 9.17) is 0 Å². The second kappa shape index (κ2) is 9.36. The quantitative estimate of drug-likeness (QED) is 0.268. The Balaban J connectivity index is 0.00000363. The molecule has 10 heteroatoms. The molecule has 0 saturated carbocycles. The lowest BCUT2D eigenvalue weighted by atomic mass is 10.1. The summed E-state index contributed by atoms with van der Waals surface area (Å²) in [4.78, 5) is 12.6. The molecular weight excluding hydrogens is 440 g/mol. The monoisotopic (exact) mass is 460 g/mol. The van der Waals surface area contributed by atoms with Crippen LogP contribution in [-0.4, -0.2) is 35.2 Å². The summed E-state index contributed by atoms with van der Waals surface area (Å²) >= 11 is 0. The van der Waals surface area contributed by atoms with E-state index < -0.39 is 0 Å². The lowest BCUT2D eigenvalue weighted by Gasteiger charge is -2.06. The average Bonchev–Trinajstić information content (AvgIpc) is 2.67. The molecule has 0 saturated heterocycles. The molecule has 32 heavy (non-hydrogen) atoms. The van der Waals surface area contributed by atoms with E-state index in [1.54, 1.807) is 20.2 Å². The van der Waals surface area contributed by atoms with Crippen molar-refractivity contribution in [2.45, 2.75) is 0 Å². The van der Waals surface area contributed by atoms with Crippen molar-refractivity contribution < 1.29 is 47.6 Å². The predicted octanol–water partition coefficient (Wildman–Crippen LogP) is -1.21. The van der Waals surface area contributed by atoms with Crippen LogP contribution in [0.2, 0.25) is 0 Å². The Morgan fingerprint density at radius 3 is 1.56 bits per heavy atom. The van der Waals surface area contributed by atoms with Crippen LogP contribution in [0.3, 0.4) is 0 Å². The SMILES string of the molecule is Cn1c(/C=C/c2c(O)cc(O)cc2O)cc(/C=C/c2c(O)cc(O)cc2O)[n+](C)c1=O.[Cl-]. The number of aromatic hydroxyl groups is 6. The van der Waals surface area contributed by atoms with Crippen molar-refractivity contribution in [3.63, 3.8) is 0 Å². The van der Waals surface area contributed by atoms with Crippen molar-refractivity contribution in [1.29, 1.82) is 0 Å². The highest BCUT2D eigenvalue weighted by atomic mass is 35.5. The first kappa shape index (κ1) is 24.2. The van der Waals surface area contributed by atoms with Crippen LogP contribution < -0.4 is 22.7 Å². The standard InChI is InChI=1S/C22H20N2O7.ClH/c1-23-12(3-5-16-18(27)8-14(25)9-19(16)28)7-13(24(2)22(23)31)4-6-17-20(29)10-15(26)11-21(17)30;/h3-11H,1-2H3,(H5,25,26,27,28,29,30);1H. The third kappa shape index (κ3) is 4.79. The number of phenolic OH excluding ortho intramolecular Hbond substituents is 6. The summed E-state index contributed by atoms with van der Waals surface area (Å²) in [6.45, 7) is 0. The van der Waals surface area contributed by atoms with Crippen molar-refractivity contribution >= 4 is 24.3 Å². The van der Waals surface area contributed by atoms with Gasteiger partial charge in [0.1, 0.15) is 45.9 Å². The number of rotatable bonds is 4. The second-order valence-corrected chi connectivity index (χ2v) is 6.86. The minimum Gasteiger partial charge on any atom is -1.00 e. The molecule has 3 aromatic rings. The van der Waals surface area contributed by atoms with Gasteiger partial charge in [0.15, 0.2) is 0 Å². The van der Waals surface area contributed by atoms with E-state index in [0.717, 1.165) is 24.3 Å². The number of benzene rings is 2. The Hall–Kier alpha value is -4.11. The van der Waals surface area contributed by atoms with Gasteiger partial charge in [-0.3, -0.25) is 0 Å². The molecule has 0 amide bonds. The van der Waals surface area contributed by atoms with Gasteiger partial charge in [-0.05, 0) is 24.3 Å². The van der Waals surface area contributed by atoms with Crippen LogP contribution >= 0.6 is 0 Å². The first-order valence-electron chi connectivity index (χ1n) is 9.04. The van der Waals surface area contributed by atoms with Crippen molar-refractivity contribution in [2.24, 2.45) is 14.1 Å². The summed E-state index contributed by atoms with van der Waals surface area (Å²) in [7, 11) is 3.09. The average molecular weight is 461 g/mol. The van der Waals surface area contributed by atoms with Crippen LogP contribution in [0.15, 0.2) is 35.1 Å². The van der Waals surface area contributed by atoms with Crippen molar-refractivity contribution in [3.8, 4) is 34.5 Å². The maximum Gasteiger partial charge on any atom is 0.498 e. The number of hydrogen-bond donors (Lipinski definition) is 6. The van der Waals surface area contributed by atoms with Crippen LogP contribution in [0, 0.1) is 0 Å². The molecule has 0 unspecified atom stereocenters. The molecule has 0 aliphatic rings. The first-order valence-corrected chi connectivity index (χ1v) is 9.04. The van der Waals surface area contributed by atoms with E-state index in [2.05, 4.69) is 0 Å². The van der Waals surface area contributed by atoms with Crippen LogP contribution in [0.25, 0.3) is 24.3 Å². The van der Waals surface area contributed by atoms with Crippen molar-refractivity contribution in [1.82, 2.24) is 4.57 Å². The lowest BCUT2D eigenvalue weighted by Crippen LogP contribution is -3.00. The van der Waals surface area contributed by atoms with Gasteiger partial charge in [0, 0.05) is 30.3 Å². The van der Waals surface area contributed by atoms with Crippen molar-refractivity contribution in [2.75, 3.05) is 0 Å². The van der Waals surface area contributed by atoms with Gasteiger partial charge in [0.2, 0.25) is 0 Å². The summed E-state index contributed by atoms with van der Waals surface area (Å²) in [5.41, 5.74) is 0.603. The topological polar surface area (TPSA) is 147 Å². The molecule has 0 aliphatic heterocycles. The second-order valence-electron chi connectivity index (χ2n) is 6.86. The minimum absolute atomic E-state index is 0. The highest BCUT2D eigenvalue weighted by Gasteiger charge is 2.15. The molecule has 0 bridgehead atoms. The molecule has 0 spiro atoms. The Labute approximate surface area is 188 Å². The summed E-state index contributed by atoms with van der Waals surface area (Å²) in [5, 5.41) is 58.6.